The Morgan fingerprint density at radius 3 is 2.12 bits per heavy atom. The summed E-state index contributed by atoms with van der Waals surface area (Å²) < 4.78 is 0. The SMILES string of the molecule is Cc1ccccc1CN(C(=O)Cc1c(Cl)cccc1Cl)[C@@H](Cc1ccccc1)C(=O)NC(C)C. The molecule has 0 aliphatic heterocycles. The molecule has 6 heteroatoms. The summed E-state index contributed by atoms with van der Waals surface area (Å²) in [5.74, 6) is -0.399. The van der Waals surface area contributed by atoms with Crippen molar-refractivity contribution in [1.29, 1.82) is 0 Å². The van der Waals surface area contributed by atoms with Crippen LogP contribution in [0.5, 0.6) is 0 Å². The minimum Gasteiger partial charge on any atom is -0.352 e. The molecule has 1 N–H and O–H groups in total. The largest absolute Gasteiger partial charge is 0.352 e. The first-order valence-corrected chi connectivity index (χ1v) is 12.1. The van der Waals surface area contributed by atoms with Gasteiger partial charge in [-0.2, -0.15) is 0 Å². The molecule has 0 fully saturated rings. The Hall–Kier alpha value is -2.82. The molecule has 0 saturated carbocycles. The highest BCUT2D eigenvalue weighted by Gasteiger charge is 2.31. The van der Waals surface area contributed by atoms with E-state index in [4.69, 9.17) is 23.2 Å². The number of carbonyl (C=O) groups is 2. The molecule has 0 heterocycles. The Labute approximate surface area is 211 Å². The van der Waals surface area contributed by atoms with Gasteiger partial charge in [0.1, 0.15) is 6.04 Å². The van der Waals surface area contributed by atoms with Gasteiger partial charge in [-0.25, -0.2) is 0 Å². The maximum Gasteiger partial charge on any atom is 0.243 e. The van der Waals surface area contributed by atoms with E-state index in [-0.39, 0.29) is 24.3 Å². The van der Waals surface area contributed by atoms with Crippen LogP contribution in [0.4, 0.5) is 0 Å². The number of amides is 2. The van der Waals surface area contributed by atoms with E-state index < -0.39 is 6.04 Å². The average Bonchev–Trinajstić information content (AvgIpc) is 2.80. The van der Waals surface area contributed by atoms with Gasteiger partial charge in [0.25, 0.3) is 0 Å². The van der Waals surface area contributed by atoms with Crippen molar-refractivity contribution in [1.82, 2.24) is 10.2 Å². The van der Waals surface area contributed by atoms with Crippen LogP contribution < -0.4 is 5.32 Å². The molecule has 0 bridgehead atoms. The number of nitrogens with one attached hydrogen (secondary N) is 1. The highest BCUT2D eigenvalue weighted by molar-refractivity contribution is 6.36. The minimum atomic E-state index is -0.696. The van der Waals surface area contributed by atoms with Gasteiger partial charge in [-0.05, 0) is 55.2 Å². The van der Waals surface area contributed by atoms with Crippen LogP contribution in [0.15, 0.2) is 72.8 Å². The van der Waals surface area contributed by atoms with E-state index in [2.05, 4.69) is 5.32 Å². The zero-order chi connectivity index (χ0) is 24.7. The van der Waals surface area contributed by atoms with Crippen molar-refractivity contribution in [2.45, 2.75) is 52.2 Å². The molecule has 3 aromatic rings. The summed E-state index contributed by atoms with van der Waals surface area (Å²) in [6.45, 7) is 6.13. The molecule has 178 valence electrons. The Balaban J connectivity index is 2.02. The summed E-state index contributed by atoms with van der Waals surface area (Å²) in [5.41, 5.74) is 3.58. The lowest BCUT2D eigenvalue weighted by molar-refractivity contribution is -0.141. The molecular weight excluding hydrogens is 467 g/mol. The van der Waals surface area contributed by atoms with Crippen molar-refractivity contribution in [3.8, 4) is 0 Å². The van der Waals surface area contributed by atoms with Gasteiger partial charge in [0.2, 0.25) is 11.8 Å². The number of carbonyl (C=O) groups excluding carboxylic acids is 2. The highest BCUT2D eigenvalue weighted by Crippen LogP contribution is 2.26. The van der Waals surface area contributed by atoms with Crippen molar-refractivity contribution in [2.75, 3.05) is 0 Å². The topological polar surface area (TPSA) is 49.4 Å². The Morgan fingerprint density at radius 2 is 1.50 bits per heavy atom. The molecule has 2 amide bonds. The predicted octanol–water partition coefficient (Wildman–Crippen LogP) is 6.01. The standard InChI is InChI=1S/C28H30Cl2N2O2/c1-19(2)31-28(34)26(16-21-11-5-4-6-12-21)32(18-22-13-8-7-10-20(22)3)27(33)17-23-24(29)14-9-15-25(23)30/h4-15,19,26H,16-18H2,1-3H3,(H,31,34)/t26-/m0/s1. The number of nitrogens with zero attached hydrogens (tertiary/aromatic N) is 1. The van der Waals surface area contributed by atoms with E-state index in [1.807, 2.05) is 75.4 Å². The first kappa shape index (κ1) is 25.8. The molecule has 0 unspecified atom stereocenters. The van der Waals surface area contributed by atoms with Crippen molar-refractivity contribution in [3.05, 3.63) is 105 Å². The summed E-state index contributed by atoms with van der Waals surface area (Å²) in [4.78, 5) is 28.9. The van der Waals surface area contributed by atoms with Crippen molar-refractivity contribution in [2.24, 2.45) is 0 Å². The van der Waals surface area contributed by atoms with Crippen LogP contribution in [0.2, 0.25) is 10.0 Å². The Morgan fingerprint density at radius 1 is 0.882 bits per heavy atom. The van der Waals surface area contributed by atoms with Gasteiger partial charge >= 0.3 is 0 Å². The second kappa shape index (κ2) is 12.0. The number of aryl methyl sites for hydroxylation is 1. The van der Waals surface area contributed by atoms with Crippen molar-refractivity contribution in [3.63, 3.8) is 0 Å². The second-order valence-corrected chi connectivity index (χ2v) is 9.51. The van der Waals surface area contributed by atoms with Crippen LogP contribution in [-0.4, -0.2) is 28.8 Å². The predicted molar refractivity (Wildman–Crippen MR) is 139 cm³/mol. The molecule has 1 atom stereocenters. The fourth-order valence-corrected chi connectivity index (χ4v) is 4.39. The first-order chi connectivity index (χ1) is 16.3. The summed E-state index contributed by atoms with van der Waals surface area (Å²) in [6.07, 6.45) is 0.401. The molecule has 34 heavy (non-hydrogen) atoms. The van der Waals surface area contributed by atoms with Crippen LogP contribution in [0.25, 0.3) is 0 Å². The van der Waals surface area contributed by atoms with Crippen LogP contribution in [-0.2, 0) is 29.0 Å². The van der Waals surface area contributed by atoms with Crippen molar-refractivity contribution >= 4 is 35.0 Å². The maximum atomic E-state index is 13.8. The summed E-state index contributed by atoms with van der Waals surface area (Å²) in [5, 5.41) is 3.87. The van der Waals surface area contributed by atoms with E-state index in [9.17, 15) is 9.59 Å². The van der Waals surface area contributed by atoms with E-state index in [1.165, 1.54) is 0 Å². The van der Waals surface area contributed by atoms with Crippen LogP contribution in [0, 0.1) is 6.92 Å². The van der Waals surface area contributed by atoms with E-state index in [1.54, 1.807) is 23.1 Å². The fraction of sp³-hybridized carbons (Fsp3) is 0.286. The van der Waals surface area contributed by atoms with Crippen LogP contribution >= 0.6 is 23.2 Å². The highest BCUT2D eigenvalue weighted by atomic mass is 35.5. The first-order valence-electron chi connectivity index (χ1n) is 11.4. The van der Waals surface area contributed by atoms with Gasteiger partial charge in [0.05, 0.1) is 6.42 Å². The minimum absolute atomic E-state index is 0.00460. The van der Waals surface area contributed by atoms with Gasteiger partial charge in [-0.3, -0.25) is 9.59 Å². The third-order valence-corrected chi connectivity index (χ3v) is 6.40. The van der Waals surface area contributed by atoms with Gasteiger partial charge in [0.15, 0.2) is 0 Å². The van der Waals surface area contributed by atoms with Gasteiger partial charge in [0, 0.05) is 29.1 Å². The van der Waals surface area contributed by atoms with E-state index in [0.717, 1.165) is 16.7 Å². The summed E-state index contributed by atoms with van der Waals surface area (Å²) >= 11 is 12.7. The fourth-order valence-electron chi connectivity index (χ4n) is 3.86. The normalized spacial score (nSPS) is 11.8. The van der Waals surface area contributed by atoms with E-state index in [0.29, 0.717) is 28.6 Å². The number of hydrogen-bond donors (Lipinski definition) is 1. The van der Waals surface area contributed by atoms with Gasteiger partial charge in [-0.1, -0.05) is 83.9 Å². The number of halogens is 2. The zero-order valence-corrected chi connectivity index (χ0v) is 21.2. The number of rotatable bonds is 9. The van der Waals surface area contributed by atoms with Gasteiger partial charge in [-0.15, -0.1) is 0 Å². The molecule has 3 aromatic carbocycles. The smallest absolute Gasteiger partial charge is 0.243 e. The molecular formula is C28H30Cl2N2O2. The Kier molecular flexibility index (Phi) is 9.14. The molecule has 0 saturated heterocycles. The number of benzene rings is 3. The van der Waals surface area contributed by atoms with Gasteiger partial charge < -0.3 is 10.2 Å². The van der Waals surface area contributed by atoms with Crippen molar-refractivity contribution < 1.29 is 9.59 Å². The summed E-state index contributed by atoms with van der Waals surface area (Å²) in [6, 6.07) is 22.1. The van der Waals surface area contributed by atoms with E-state index >= 15 is 0 Å². The molecule has 0 aromatic heterocycles. The Bertz CT molecular complexity index is 1110. The monoisotopic (exact) mass is 496 g/mol. The molecule has 3 rings (SSSR count). The van der Waals surface area contributed by atoms with Crippen LogP contribution in [0.3, 0.4) is 0 Å². The second-order valence-electron chi connectivity index (χ2n) is 8.69. The lowest BCUT2D eigenvalue weighted by atomic mass is 10.00. The summed E-state index contributed by atoms with van der Waals surface area (Å²) in [7, 11) is 0. The molecule has 0 radical (unpaired) electrons. The lowest BCUT2D eigenvalue weighted by Gasteiger charge is -2.32. The third kappa shape index (κ3) is 6.85. The maximum absolute atomic E-state index is 13.8. The molecule has 4 nitrogen and oxygen atoms in total. The molecule has 0 aliphatic rings. The average molecular weight is 497 g/mol. The van der Waals surface area contributed by atoms with Crippen LogP contribution in [0.1, 0.15) is 36.1 Å². The number of hydrogen-bond acceptors (Lipinski definition) is 2. The zero-order valence-electron chi connectivity index (χ0n) is 19.7. The molecule has 0 aliphatic carbocycles. The third-order valence-electron chi connectivity index (χ3n) is 5.69. The molecule has 0 spiro atoms. The lowest BCUT2D eigenvalue weighted by Crippen LogP contribution is -2.52. The quantitative estimate of drug-likeness (QED) is 0.394.